The predicted molar refractivity (Wildman–Crippen MR) is 41.7 cm³/mol. The van der Waals surface area contributed by atoms with E-state index in [1.807, 2.05) is 0 Å². The molecule has 5 nitrogen and oxygen atoms in total. The summed E-state index contributed by atoms with van der Waals surface area (Å²) in [4.78, 5) is 0. The summed E-state index contributed by atoms with van der Waals surface area (Å²) in [6, 6.07) is 0. The first kappa shape index (κ1) is 10.9. The molecule has 0 aromatic rings. The van der Waals surface area contributed by atoms with Crippen LogP contribution < -0.4 is 0 Å². The molecule has 0 saturated heterocycles. The first-order valence-corrected chi connectivity index (χ1v) is 4.48. The van der Waals surface area contributed by atoms with E-state index in [9.17, 15) is 4.57 Å². The Morgan fingerprint density at radius 1 is 1.45 bits per heavy atom. The average Bonchev–Trinajstić information content (AvgIpc) is 2.00. The largest absolute Gasteiger partial charge is 0.549 e. The Kier molecular flexibility index (Phi) is 4.68. The number of phosphoric ester groups is 1. The third-order valence-electron chi connectivity index (χ3n) is 0.714. The Hall–Kier alpha value is -0.0900. The molecule has 0 unspecified atom stereocenters. The second-order valence-electron chi connectivity index (χ2n) is 1.48. The Bertz CT molecular complexity index is 183. The second kappa shape index (κ2) is 4.72. The minimum absolute atomic E-state index is 0.110. The Balaban J connectivity index is 4.10. The van der Waals surface area contributed by atoms with Crippen LogP contribution in [0, 0.1) is 0 Å². The van der Waals surface area contributed by atoms with E-state index in [4.69, 9.17) is 11.6 Å². The van der Waals surface area contributed by atoms with Crippen molar-refractivity contribution >= 4 is 24.6 Å². The fraction of sp³-hybridized carbons (Fsp3) is 0.750. The Labute approximate surface area is 69.9 Å². The molecule has 0 spiro atoms. The number of phosphoric acid groups is 1. The summed E-state index contributed by atoms with van der Waals surface area (Å²) in [7, 11) is -1.14. The highest BCUT2D eigenvalue weighted by molar-refractivity contribution is 7.48. The summed E-state index contributed by atoms with van der Waals surface area (Å²) < 4.78 is 24.1. The smallest absolute Gasteiger partial charge is 0.291 e. The maximum absolute atomic E-state index is 11.0. The van der Waals surface area contributed by atoms with Crippen LogP contribution in [0.3, 0.4) is 0 Å². The number of hydrogen-bond acceptors (Lipinski definition) is 5. The molecular weight excluding hydrogens is 192 g/mol. The van der Waals surface area contributed by atoms with Gasteiger partial charge in [-0.2, -0.15) is 0 Å². The fourth-order valence-corrected chi connectivity index (χ4v) is 0.835. The van der Waals surface area contributed by atoms with Crippen LogP contribution in [0.15, 0.2) is 5.16 Å². The van der Waals surface area contributed by atoms with Crippen molar-refractivity contribution in [2.45, 2.75) is 6.92 Å². The lowest BCUT2D eigenvalue weighted by Crippen LogP contribution is -1.90. The van der Waals surface area contributed by atoms with Crippen molar-refractivity contribution in [2.24, 2.45) is 5.16 Å². The predicted octanol–water partition coefficient (Wildman–Crippen LogP) is 1.98. The highest BCUT2D eigenvalue weighted by atomic mass is 35.5. The van der Waals surface area contributed by atoms with Gasteiger partial charge in [0.1, 0.15) is 5.17 Å². The Morgan fingerprint density at radius 3 is 2.18 bits per heavy atom. The normalized spacial score (nSPS) is 13.3. The van der Waals surface area contributed by atoms with E-state index >= 15 is 0 Å². The molecule has 0 radical (unpaired) electrons. The molecule has 0 fully saturated rings. The molecule has 0 aliphatic carbocycles. The van der Waals surface area contributed by atoms with Crippen LogP contribution in [0.1, 0.15) is 6.92 Å². The molecule has 0 atom stereocenters. The Morgan fingerprint density at radius 2 is 1.91 bits per heavy atom. The monoisotopic (exact) mass is 201 g/mol. The fourth-order valence-electron chi connectivity index (χ4n) is 0.247. The molecule has 0 amide bonds. The van der Waals surface area contributed by atoms with Crippen LogP contribution >= 0.6 is 19.4 Å². The first-order chi connectivity index (χ1) is 5.04. The summed E-state index contributed by atoms with van der Waals surface area (Å²) in [6.07, 6.45) is 0. The highest BCUT2D eigenvalue weighted by Crippen LogP contribution is 2.47. The second-order valence-corrected chi connectivity index (χ2v) is 3.82. The van der Waals surface area contributed by atoms with Crippen LogP contribution in [0.5, 0.6) is 0 Å². The zero-order valence-electron chi connectivity index (χ0n) is 6.41. The quantitative estimate of drug-likeness (QED) is 0.396. The van der Waals surface area contributed by atoms with E-state index in [1.165, 1.54) is 21.1 Å². The molecule has 66 valence electrons. The highest BCUT2D eigenvalue weighted by Gasteiger charge is 2.23. The topological polar surface area (TPSA) is 57.1 Å². The number of oxime groups is 1. The molecule has 11 heavy (non-hydrogen) atoms. The molecule has 0 rings (SSSR count). The summed E-state index contributed by atoms with van der Waals surface area (Å²) >= 11 is 5.29. The zero-order chi connectivity index (χ0) is 8.91. The summed E-state index contributed by atoms with van der Waals surface area (Å²) in [5.74, 6) is 0. The molecule has 0 aliphatic rings. The summed E-state index contributed by atoms with van der Waals surface area (Å²) in [5, 5.41) is 3.32. The van der Waals surface area contributed by atoms with Gasteiger partial charge in [-0.1, -0.05) is 16.8 Å². The summed E-state index contributed by atoms with van der Waals surface area (Å²) in [6.45, 7) is 1.47. The van der Waals surface area contributed by atoms with Gasteiger partial charge < -0.3 is 0 Å². The van der Waals surface area contributed by atoms with Gasteiger partial charge in [0.05, 0.1) is 0 Å². The third-order valence-corrected chi connectivity index (χ3v) is 1.96. The van der Waals surface area contributed by atoms with Gasteiger partial charge in [-0.3, -0.25) is 13.7 Å². The average molecular weight is 202 g/mol. The number of rotatable bonds is 4. The van der Waals surface area contributed by atoms with E-state index in [-0.39, 0.29) is 5.17 Å². The number of nitrogens with zero attached hydrogens (tertiary/aromatic N) is 1. The van der Waals surface area contributed by atoms with E-state index in [1.54, 1.807) is 0 Å². The van der Waals surface area contributed by atoms with Gasteiger partial charge >= 0.3 is 7.82 Å². The van der Waals surface area contributed by atoms with Gasteiger partial charge in [-0.05, 0) is 6.92 Å². The lowest BCUT2D eigenvalue weighted by atomic mass is 10.9. The van der Waals surface area contributed by atoms with Crippen molar-refractivity contribution in [3.8, 4) is 0 Å². The van der Waals surface area contributed by atoms with Gasteiger partial charge in [0, 0.05) is 14.2 Å². The lowest BCUT2D eigenvalue weighted by Gasteiger charge is -2.08. The molecule has 7 heteroatoms. The van der Waals surface area contributed by atoms with E-state index in [0.29, 0.717) is 0 Å². The van der Waals surface area contributed by atoms with Gasteiger partial charge in [0.25, 0.3) is 0 Å². The van der Waals surface area contributed by atoms with Gasteiger partial charge in [-0.25, -0.2) is 4.57 Å². The maximum atomic E-state index is 11.0. The first-order valence-electron chi connectivity index (χ1n) is 2.64. The molecule has 0 aromatic carbocycles. The SMILES string of the molecule is COP(=O)(OC)O/N=C(\C)Cl. The molecule has 0 aliphatic heterocycles. The van der Waals surface area contributed by atoms with Crippen molar-refractivity contribution in [3.05, 3.63) is 0 Å². The van der Waals surface area contributed by atoms with Crippen LogP contribution in [0.2, 0.25) is 0 Å². The summed E-state index contributed by atoms with van der Waals surface area (Å²) in [5.41, 5.74) is 0. The van der Waals surface area contributed by atoms with Crippen molar-refractivity contribution in [1.82, 2.24) is 0 Å². The van der Waals surface area contributed by atoms with Gasteiger partial charge in [0.2, 0.25) is 0 Å². The van der Waals surface area contributed by atoms with Gasteiger partial charge in [0.15, 0.2) is 0 Å². The molecule has 0 aromatic heterocycles. The standard InChI is InChI=1S/C4H9ClNO4P/c1-4(5)6-10-11(7,8-2)9-3/h1-3H3/b6-4+. The van der Waals surface area contributed by atoms with E-state index < -0.39 is 7.82 Å². The minimum atomic E-state index is -3.51. The number of hydrogen-bond donors (Lipinski definition) is 0. The minimum Gasteiger partial charge on any atom is -0.291 e. The van der Waals surface area contributed by atoms with E-state index in [0.717, 1.165) is 0 Å². The molecule has 0 N–H and O–H groups in total. The molecule has 0 saturated carbocycles. The van der Waals surface area contributed by atoms with Crippen LogP contribution in [0.4, 0.5) is 0 Å². The van der Waals surface area contributed by atoms with E-state index in [2.05, 4.69) is 18.8 Å². The van der Waals surface area contributed by atoms with Crippen LogP contribution in [0.25, 0.3) is 0 Å². The van der Waals surface area contributed by atoms with Crippen molar-refractivity contribution < 1.29 is 18.2 Å². The molecular formula is C4H9ClNO4P. The van der Waals surface area contributed by atoms with Crippen LogP contribution in [-0.2, 0) is 18.2 Å². The zero-order valence-corrected chi connectivity index (χ0v) is 8.06. The maximum Gasteiger partial charge on any atom is 0.549 e. The van der Waals surface area contributed by atoms with Crippen LogP contribution in [-0.4, -0.2) is 19.4 Å². The third kappa shape index (κ3) is 4.37. The van der Waals surface area contributed by atoms with Gasteiger partial charge in [-0.15, -0.1) is 0 Å². The molecule has 0 bridgehead atoms. The van der Waals surface area contributed by atoms with Crippen molar-refractivity contribution in [2.75, 3.05) is 14.2 Å². The lowest BCUT2D eigenvalue weighted by molar-refractivity contribution is 0.157. The van der Waals surface area contributed by atoms with Crippen molar-refractivity contribution in [3.63, 3.8) is 0 Å². The number of halogens is 1. The molecule has 0 heterocycles. The van der Waals surface area contributed by atoms with Crippen molar-refractivity contribution in [1.29, 1.82) is 0 Å².